The van der Waals surface area contributed by atoms with Crippen LogP contribution in [0.5, 0.6) is 0 Å². The Morgan fingerprint density at radius 3 is 2.00 bits per heavy atom. The second-order valence-electron chi connectivity index (χ2n) is 3.34. The van der Waals surface area contributed by atoms with Crippen molar-refractivity contribution >= 4 is 21.1 Å². The Labute approximate surface area is 86.7 Å². The molecular formula is C8H14N3PSe. The zero-order valence-corrected chi connectivity index (χ0v) is 10.5. The normalized spacial score (nSPS) is 23.8. The van der Waals surface area contributed by atoms with Crippen molar-refractivity contribution in [2.45, 2.75) is 0 Å². The topological polar surface area (TPSA) is 11.4 Å². The Kier molecular flexibility index (Phi) is 2.52. The van der Waals surface area contributed by atoms with Gasteiger partial charge in [-0.25, -0.2) is 0 Å². The van der Waals surface area contributed by atoms with E-state index in [0.29, 0.717) is 0 Å². The maximum absolute atomic E-state index is 3.38. The third-order valence-corrected chi connectivity index (χ3v) is 10.3. The van der Waals surface area contributed by atoms with Gasteiger partial charge in [-0.15, -0.1) is 0 Å². The van der Waals surface area contributed by atoms with Crippen molar-refractivity contribution in [2.75, 3.05) is 27.2 Å². The van der Waals surface area contributed by atoms with E-state index in [4.69, 9.17) is 0 Å². The molecule has 1 aliphatic heterocycles. The van der Waals surface area contributed by atoms with Crippen LogP contribution in [0.15, 0.2) is 24.5 Å². The average Bonchev–Trinajstić information content (AvgIpc) is 2.70. The molecule has 1 fully saturated rings. The number of nitrogens with zero attached hydrogens (tertiary/aromatic N) is 3. The first-order valence-electron chi connectivity index (χ1n) is 4.33. The van der Waals surface area contributed by atoms with Crippen LogP contribution in [0, 0.1) is 0 Å². The van der Waals surface area contributed by atoms with Gasteiger partial charge in [0.15, 0.2) is 0 Å². The predicted octanol–water partition coefficient (Wildman–Crippen LogP) is 1.06. The molecule has 3 nitrogen and oxygen atoms in total. The summed E-state index contributed by atoms with van der Waals surface area (Å²) >= 11 is 3.38. The van der Waals surface area contributed by atoms with Crippen LogP contribution in [0.1, 0.15) is 0 Å². The van der Waals surface area contributed by atoms with Gasteiger partial charge in [0.2, 0.25) is 0 Å². The van der Waals surface area contributed by atoms with Gasteiger partial charge in [0.25, 0.3) is 0 Å². The molecule has 0 aliphatic carbocycles. The van der Waals surface area contributed by atoms with Gasteiger partial charge >= 0.3 is 86.4 Å². The predicted molar refractivity (Wildman–Crippen MR) is 57.8 cm³/mol. The Balaban J connectivity index is 2.45. The van der Waals surface area contributed by atoms with Crippen molar-refractivity contribution in [1.29, 1.82) is 0 Å². The van der Waals surface area contributed by atoms with Gasteiger partial charge < -0.3 is 0 Å². The summed E-state index contributed by atoms with van der Waals surface area (Å²) in [6, 6.07) is 4.16. The molecule has 0 spiro atoms. The third-order valence-electron chi connectivity index (χ3n) is 2.53. The fourth-order valence-corrected chi connectivity index (χ4v) is 5.80. The minimum atomic E-state index is -1.35. The molecule has 0 radical (unpaired) electrons. The van der Waals surface area contributed by atoms with E-state index in [-0.39, 0.29) is 0 Å². The second kappa shape index (κ2) is 3.38. The first-order valence-corrected chi connectivity index (χ1v) is 8.19. The van der Waals surface area contributed by atoms with E-state index in [0.717, 1.165) is 13.1 Å². The van der Waals surface area contributed by atoms with Gasteiger partial charge in [-0.05, 0) is 0 Å². The zero-order chi connectivity index (χ0) is 9.47. The molecular weight excluding hydrogens is 248 g/mol. The molecule has 0 aromatic carbocycles. The molecule has 0 amide bonds. The molecule has 1 aliphatic rings. The van der Waals surface area contributed by atoms with E-state index >= 15 is 0 Å². The van der Waals surface area contributed by atoms with Crippen LogP contribution in [-0.4, -0.2) is 56.0 Å². The van der Waals surface area contributed by atoms with Crippen LogP contribution in [0.4, 0.5) is 0 Å². The van der Waals surface area contributed by atoms with Crippen LogP contribution < -0.4 is 0 Å². The quantitative estimate of drug-likeness (QED) is 0.554. The van der Waals surface area contributed by atoms with Gasteiger partial charge in [0.1, 0.15) is 0 Å². The average molecular weight is 262 g/mol. The van der Waals surface area contributed by atoms with Crippen LogP contribution >= 0.6 is 5.96 Å². The van der Waals surface area contributed by atoms with Crippen LogP contribution in [0.25, 0.3) is 0 Å². The molecule has 72 valence electrons. The Morgan fingerprint density at radius 2 is 1.54 bits per heavy atom. The summed E-state index contributed by atoms with van der Waals surface area (Å²) in [4.78, 5) is 0. The van der Waals surface area contributed by atoms with Gasteiger partial charge in [-0.3, -0.25) is 0 Å². The molecule has 1 aromatic rings. The molecule has 2 rings (SSSR count). The van der Waals surface area contributed by atoms with Crippen molar-refractivity contribution in [3.05, 3.63) is 24.5 Å². The van der Waals surface area contributed by atoms with Crippen LogP contribution in [0.3, 0.4) is 0 Å². The van der Waals surface area contributed by atoms with Crippen molar-refractivity contribution in [2.24, 2.45) is 0 Å². The molecule has 1 aromatic heterocycles. The van der Waals surface area contributed by atoms with Crippen molar-refractivity contribution in [1.82, 2.24) is 13.7 Å². The van der Waals surface area contributed by atoms with E-state index in [1.54, 1.807) is 0 Å². The minimum absolute atomic E-state index is 1.15. The van der Waals surface area contributed by atoms with Crippen molar-refractivity contribution in [3.8, 4) is 0 Å². The van der Waals surface area contributed by atoms with Gasteiger partial charge in [0, 0.05) is 0 Å². The molecule has 0 saturated carbocycles. The first kappa shape index (κ1) is 9.69. The van der Waals surface area contributed by atoms with Gasteiger partial charge in [0.05, 0.1) is 0 Å². The summed E-state index contributed by atoms with van der Waals surface area (Å²) in [6.45, 7) is 2.30. The molecule has 13 heavy (non-hydrogen) atoms. The molecule has 0 atom stereocenters. The monoisotopic (exact) mass is 263 g/mol. The maximum atomic E-state index is 3.38. The molecule has 5 heteroatoms. The number of likely N-dealkylation sites (N-methyl/N-ethyl adjacent to an activating group) is 2. The number of aromatic nitrogens is 1. The Morgan fingerprint density at radius 1 is 1.08 bits per heavy atom. The summed E-state index contributed by atoms with van der Waals surface area (Å²) < 4.78 is 7.15. The van der Waals surface area contributed by atoms with E-state index in [2.05, 4.69) is 67.4 Å². The number of hydrogen-bond acceptors (Lipinski definition) is 2. The Hall–Kier alpha value is 0.149. The summed E-state index contributed by atoms with van der Waals surface area (Å²) in [7, 11) is 4.38. The van der Waals surface area contributed by atoms with Crippen LogP contribution in [-0.2, 0) is 0 Å². The fraction of sp³-hybridized carbons (Fsp3) is 0.500. The summed E-state index contributed by atoms with van der Waals surface area (Å²) in [5.41, 5.74) is 0. The van der Waals surface area contributed by atoms with Gasteiger partial charge in [-0.2, -0.15) is 0 Å². The summed E-state index contributed by atoms with van der Waals surface area (Å²) in [6.07, 6.45) is 4.28. The van der Waals surface area contributed by atoms with E-state index < -0.39 is 5.96 Å². The summed E-state index contributed by atoms with van der Waals surface area (Å²) in [5.74, 6) is -1.35. The Bertz CT molecular complexity index is 321. The zero-order valence-electron chi connectivity index (χ0n) is 7.92. The standard InChI is InChI=1S/C8H14N3PSe/c1-9-7-8-10(2)12(9,13)11-5-3-4-6-11/h3-6H,7-8H2,1-2H3. The molecule has 0 bridgehead atoms. The molecule has 2 heterocycles. The van der Waals surface area contributed by atoms with Crippen molar-refractivity contribution in [3.63, 3.8) is 0 Å². The van der Waals surface area contributed by atoms with Gasteiger partial charge in [-0.1, -0.05) is 0 Å². The molecule has 0 N–H and O–H groups in total. The number of hydrogen-bond donors (Lipinski definition) is 0. The van der Waals surface area contributed by atoms with E-state index in [9.17, 15) is 0 Å². The molecule has 0 unspecified atom stereocenters. The second-order valence-corrected chi connectivity index (χ2v) is 9.28. The summed E-state index contributed by atoms with van der Waals surface area (Å²) in [5, 5.41) is 0. The first-order chi connectivity index (χ1) is 6.15. The van der Waals surface area contributed by atoms with Crippen LogP contribution in [0.2, 0.25) is 0 Å². The molecule has 1 saturated heterocycles. The number of rotatable bonds is 1. The SMILES string of the molecule is CN1CCN(C)P1(=[Se])n1cccc1. The fourth-order valence-electron chi connectivity index (χ4n) is 1.66. The van der Waals surface area contributed by atoms with E-state index in [1.807, 2.05) is 0 Å². The van der Waals surface area contributed by atoms with Crippen molar-refractivity contribution < 1.29 is 0 Å². The van der Waals surface area contributed by atoms with E-state index in [1.165, 1.54) is 0 Å². The third kappa shape index (κ3) is 1.38.